The van der Waals surface area contributed by atoms with Crippen molar-refractivity contribution in [1.82, 2.24) is 10.2 Å². The van der Waals surface area contributed by atoms with Gasteiger partial charge in [0, 0.05) is 37.5 Å². The number of carbonyl (C=O) groups excluding carboxylic acids is 1. The summed E-state index contributed by atoms with van der Waals surface area (Å²) < 4.78 is 13.2. The van der Waals surface area contributed by atoms with Crippen molar-refractivity contribution < 1.29 is 39.5 Å². The van der Waals surface area contributed by atoms with Crippen molar-refractivity contribution in [2.45, 2.75) is 57.5 Å². The van der Waals surface area contributed by atoms with Gasteiger partial charge in [-0.15, -0.1) is 0 Å². The van der Waals surface area contributed by atoms with Gasteiger partial charge in [-0.2, -0.15) is 0 Å². The van der Waals surface area contributed by atoms with E-state index in [9.17, 15) is 24.9 Å². The van der Waals surface area contributed by atoms with Crippen molar-refractivity contribution >= 4 is 11.9 Å². The topological polar surface area (TPSA) is 149 Å². The second-order valence-electron chi connectivity index (χ2n) is 12.6. The molecule has 0 saturated carbocycles. The van der Waals surface area contributed by atoms with Crippen LogP contribution in [0.3, 0.4) is 0 Å². The third-order valence-corrected chi connectivity index (χ3v) is 8.91. The molecule has 1 amide bonds. The number of nitrogens with zero attached hydrogens (tertiary/aromatic N) is 1. The van der Waals surface area contributed by atoms with Gasteiger partial charge >= 0.3 is 5.97 Å². The van der Waals surface area contributed by atoms with Crippen molar-refractivity contribution in [2.75, 3.05) is 20.1 Å². The zero-order valence-corrected chi connectivity index (χ0v) is 27.7. The third-order valence-electron chi connectivity index (χ3n) is 8.91. The van der Waals surface area contributed by atoms with Crippen molar-refractivity contribution in [3.63, 3.8) is 0 Å². The number of nitrogens with one attached hydrogen (secondary N) is 1. The van der Waals surface area contributed by atoms with Crippen LogP contribution >= 0.6 is 0 Å². The molecule has 0 radical (unpaired) electrons. The van der Waals surface area contributed by atoms with Gasteiger partial charge in [-0.05, 0) is 52.6 Å². The summed E-state index contributed by atoms with van der Waals surface area (Å²) in [5.74, 6) is -1.27. The molecule has 1 aliphatic rings. The Hall–Kier alpha value is -4.58. The lowest BCUT2D eigenvalue weighted by atomic mass is 9.90. The molecular formula is C39H44N2O8. The molecule has 5 N–H and O–H groups in total. The summed E-state index contributed by atoms with van der Waals surface area (Å²) in [5, 5.41) is 42.0. The molecule has 1 fully saturated rings. The smallest absolute Gasteiger partial charge is 0.303 e. The van der Waals surface area contributed by atoms with E-state index >= 15 is 0 Å². The molecule has 0 spiro atoms. The Kier molecular flexibility index (Phi) is 12.2. The Labute approximate surface area is 286 Å². The average Bonchev–Trinajstić information content (AvgIpc) is 3.11. The van der Waals surface area contributed by atoms with Crippen LogP contribution in [0, 0.1) is 5.92 Å². The van der Waals surface area contributed by atoms with E-state index in [-0.39, 0.29) is 55.8 Å². The van der Waals surface area contributed by atoms with Crippen molar-refractivity contribution in [1.29, 1.82) is 0 Å². The predicted octanol–water partition coefficient (Wildman–Crippen LogP) is 5.49. The number of aliphatic hydroxyl groups is 2. The van der Waals surface area contributed by atoms with Crippen LogP contribution in [0.15, 0.2) is 97.1 Å². The monoisotopic (exact) mass is 668 g/mol. The number of ether oxygens (including phenoxy) is 2. The summed E-state index contributed by atoms with van der Waals surface area (Å²) in [6, 6.07) is 30.0. The predicted molar refractivity (Wildman–Crippen MR) is 184 cm³/mol. The van der Waals surface area contributed by atoms with Gasteiger partial charge in [0.2, 0.25) is 5.91 Å². The Morgan fingerprint density at radius 2 is 1.61 bits per heavy atom. The number of aliphatic carboxylic acids is 1. The number of aliphatic hydroxyl groups excluding tert-OH is 2. The number of carboxylic acid groups (broad SMARTS) is 1. The minimum atomic E-state index is -1.01. The fourth-order valence-electron chi connectivity index (χ4n) is 6.12. The van der Waals surface area contributed by atoms with Crippen molar-refractivity contribution in [3.8, 4) is 16.9 Å². The number of rotatable bonds is 14. The first-order valence-corrected chi connectivity index (χ1v) is 16.4. The van der Waals surface area contributed by atoms with Gasteiger partial charge in [-0.3, -0.25) is 9.59 Å². The van der Waals surface area contributed by atoms with Crippen LogP contribution in [-0.2, 0) is 32.2 Å². The molecular weight excluding hydrogens is 624 g/mol. The first kappa shape index (κ1) is 35.7. The standard InChI is InChI=1S/C39H44N2O8/c1-25-35(23-41(2)22-34(44)30-7-5-8-32(43)20-30)48-39(49-38(25)28-12-10-26(24-42)11-13-28)29-16-14-27(15-17-29)33-9-4-3-6-31(33)21-40-36(45)18-19-37(46)47/h3-17,20,25,34-35,38-39,42-44H,18-19,21-24H2,1-2H3,(H,40,45)(H,46,47)/t25-,34-,35+,38+,39+/m1/s1. The minimum Gasteiger partial charge on any atom is -0.508 e. The Morgan fingerprint density at radius 1 is 0.898 bits per heavy atom. The molecule has 0 bridgehead atoms. The van der Waals surface area contributed by atoms with Crippen LogP contribution < -0.4 is 5.32 Å². The Bertz CT molecular complexity index is 1690. The van der Waals surface area contributed by atoms with E-state index in [1.165, 1.54) is 0 Å². The molecule has 10 nitrogen and oxygen atoms in total. The first-order chi connectivity index (χ1) is 23.6. The number of amides is 1. The lowest BCUT2D eigenvalue weighted by molar-refractivity contribution is -0.276. The lowest BCUT2D eigenvalue weighted by Gasteiger charge is -2.42. The summed E-state index contributed by atoms with van der Waals surface area (Å²) in [4.78, 5) is 25.0. The van der Waals surface area contributed by atoms with Gasteiger partial charge in [-0.25, -0.2) is 0 Å². The van der Waals surface area contributed by atoms with Gasteiger partial charge in [0.25, 0.3) is 0 Å². The highest BCUT2D eigenvalue weighted by atomic mass is 16.7. The van der Waals surface area contributed by atoms with Gasteiger partial charge in [0.1, 0.15) is 5.75 Å². The molecule has 4 aromatic carbocycles. The number of carboxylic acids is 1. The molecule has 258 valence electrons. The zero-order valence-electron chi connectivity index (χ0n) is 27.7. The van der Waals surface area contributed by atoms with Crippen molar-refractivity contribution in [2.24, 2.45) is 5.92 Å². The van der Waals surface area contributed by atoms with Gasteiger partial charge in [0.05, 0.1) is 31.3 Å². The first-order valence-electron chi connectivity index (χ1n) is 16.4. The van der Waals surface area contributed by atoms with E-state index in [2.05, 4.69) is 12.2 Å². The van der Waals surface area contributed by atoms with E-state index in [1.54, 1.807) is 24.3 Å². The quantitative estimate of drug-likeness (QED) is 0.118. The highest BCUT2D eigenvalue weighted by Crippen LogP contribution is 2.42. The summed E-state index contributed by atoms with van der Waals surface area (Å²) in [5.41, 5.74) is 6.04. The summed E-state index contributed by atoms with van der Waals surface area (Å²) in [7, 11) is 1.93. The summed E-state index contributed by atoms with van der Waals surface area (Å²) in [6.45, 7) is 3.17. The van der Waals surface area contributed by atoms with Crippen molar-refractivity contribution in [3.05, 3.63) is 125 Å². The van der Waals surface area contributed by atoms with E-state index in [1.807, 2.05) is 84.7 Å². The molecule has 1 aliphatic heterocycles. The van der Waals surface area contributed by atoms with E-state index < -0.39 is 18.4 Å². The molecule has 5 rings (SSSR count). The second kappa shape index (κ2) is 16.7. The van der Waals surface area contributed by atoms with Crippen LogP contribution in [0.4, 0.5) is 0 Å². The van der Waals surface area contributed by atoms with Crippen LogP contribution in [0.2, 0.25) is 0 Å². The number of carbonyl (C=O) groups is 2. The number of hydrogen-bond donors (Lipinski definition) is 5. The molecule has 10 heteroatoms. The number of benzene rings is 4. The number of aromatic hydroxyl groups is 1. The highest BCUT2D eigenvalue weighted by Gasteiger charge is 2.39. The fraction of sp³-hybridized carbons (Fsp3) is 0.333. The number of likely N-dealkylation sites (N-methyl/N-ethyl adjacent to an activating group) is 1. The van der Waals surface area contributed by atoms with Gasteiger partial charge in [-0.1, -0.05) is 91.9 Å². The Balaban J connectivity index is 1.33. The molecule has 1 saturated heterocycles. The molecule has 4 aromatic rings. The Morgan fingerprint density at radius 3 is 2.31 bits per heavy atom. The highest BCUT2D eigenvalue weighted by molar-refractivity contribution is 5.80. The van der Waals surface area contributed by atoms with Crippen LogP contribution in [0.5, 0.6) is 5.75 Å². The molecule has 0 aromatic heterocycles. The molecule has 0 aliphatic carbocycles. The van der Waals surface area contributed by atoms with E-state index in [0.29, 0.717) is 18.7 Å². The second-order valence-corrected chi connectivity index (χ2v) is 12.6. The maximum atomic E-state index is 12.2. The maximum Gasteiger partial charge on any atom is 0.303 e. The molecule has 49 heavy (non-hydrogen) atoms. The normalized spacial score (nSPS) is 19.8. The molecule has 1 heterocycles. The third kappa shape index (κ3) is 9.53. The summed E-state index contributed by atoms with van der Waals surface area (Å²) in [6.07, 6.45) is -2.32. The van der Waals surface area contributed by atoms with E-state index in [4.69, 9.17) is 14.6 Å². The van der Waals surface area contributed by atoms with Gasteiger partial charge in [0.15, 0.2) is 6.29 Å². The summed E-state index contributed by atoms with van der Waals surface area (Å²) >= 11 is 0. The number of hydrogen-bond acceptors (Lipinski definition) is 8. The van der Waals surface area contributed by atoms with Gasteiger partial charge < -0.3 is 40.1 Å². The number of phenols is 1. The maximum absolute atomic E-state index is 12.2. The lowest BCUT2D eigenvalue weighted by Crippen LogP contribution is -2.44. The number of phenolic OH excluding ortho intramolecular Hbond substituents is 1. The van der Waals surface area contributed by atoms with Crippen LogP contribution in [-0.4, -0.2) is 63.4 Å². The van der Waals surface area contributed by atoms with Crippen LogP contribution in [0.1, 0.15) is 66.1 Å². The minimum absolute atomic E-state index is 0.0470. The SMILES string of the molecule is C[C@@H]1[C@H](CN(C)C[C@@H](O)c2cccc(O)c2)O[C@H](c2ccc(-c3ccccc3CNC(=O)CCC(=O)O)cc2)O[C@@H]1c1ccc(CO)cc1. The van der Waals surface area contributed by atoms with Crippen LogP contribution in [0.25, 0.3) is 11.1 Å². The average molecular weight is 669 g/mol. The van der Waals surface area contributed by atoms with E-state index in [0.717, 1.165) is 33.4 Å². The zero-order chi connectivity index (χ0) is 34.9. The fourth-order valence-corrected chi connectivity index (χ4v) is 6.12. The largest absolute Gasteiger partial charge is 0.508 e. The molecule has 0 unspecified atom stereocenters. The molecule has 5 atom stereocenters.